The second-order valence-electron chi connectivity index (χ2n) is 6.97. The van der Waals surface area contributed by atoms with Gasteiger partial charge in [-0.15, -0.1) is 0 Å². The van der Waals surface area contributed by atoms with Crippen LogP contribution < -0.4 is 5.32 Å². The van der Waals surface area contributed by atoms with Crippen LogP contribution in [-0.2, 0) is 13.5 Å². The molecule has 2 heterocycles. The van der Waals surface area contributed by atoms with Crippen LogP contribution in [0.3, 0.4) is 0 Å². The van der Waals surface area contributed by atoms with Gasteiger partial charge in [-0.05, 0) is 48.9 Å². The predicted octanol–water partition coefficient (Wildman–Crippen LogP) is 4.30. The highest BCUT2D eigenvalue weighted by Gasteiger charge is 2.18. The fourth-order valence-electron chi connectivity index (χ4n) is 3.35. The van der Waals surface area contributed by atoms with Gasteiger partial charge in [-0.25, -0.2) is 9.67 Å². The van der Waals surface area contributed by atoms with Crippen LogP contribution in [0, 0.1) is 0 Å². The number of carbonyl (C=O) groups is 2. The molecule has 4 rings (SSSR count). The minimum Gasteiger partial charge on any atom is -0.331 e. The topological polar surface area (TPSA) is 81.8 Å². The average molecular weight is 434 g/mol. The summed E-state index contributed by atoms with van der Waals surface area (Å²) in [4.78, 5) is 29.5. The summed E-state index contributed by atoms with van der Waals surface area (Å²) in [7, 11) is 1.77. The molecular weight excluding hydrogens is 414 g/mol. The Kier molecular flexibility index (Phi) is 5.68. The van der Waals surface area contributed by atoms with E-state index in [1.54, 1.807) is 71.3 Å². The Morgan fingerprint density at radius 1 is 1.13 bits per heavy atom. The van der Waals surface area contributed by atoms with Gasteiger partial charge in [0.1, 0.15) is 0 Å². The van der Waals surface area contributed by atoms with Gasteiger partial charge in [-0.3, -0.25) is 9.59 Å². The van der Waals surface area contributed by atoms with Crippen molar-refractivity contribution in [2.45, 2.75) is 13.3 Å². The fourth-order valence-corrected chi connectivity index (χ4v) is 3.54. The van der Waals surface area contributed by atoms with Crippen LogP contribution in [0.1, 0.15) is 39.2 Å². The third-order valence-corrected chi connectivity index (χ3v) is 5.17. The number of aryl methyl sites for hydroxylation is 1. The summed E-state index contributed by atoms with van der Waals surface area (Å²) < 4.78 is 3.39. The number of carbonyl (C=O) groups excluding carboxylic acids is 2. The Morgan fingerprint density at radius 3 is 2.55 bits per heavy atom. The molecule has 0 fully saturated rings. The van der Waals surface area contributed by atoms with Gasteiger partial charge in [0.15, 0.2) is 5.82 Å². The Hall–Kier alpha value is -3.71. The second kappa shape index (κ2) is 8.57. The van der Waals surface area contributed by atoms with Crippen LogP contribution >= 0.6 is 11.6 Å². The monoisotopic (exact) mass is 433 g/mol. The smallest absolute Gasteiger partial charge is 0.259 e. The van der Waals surface area contributed by atoms with E-state index in [9.17, 15) is 9.59 Å². The zero-order valence-electron chi connectivity index (χ0n) is 17.0. The molecule has 0 bridgehead atoms. The van der Waals surface area contributed by atoms with E-state index in [1.807, 2.05) is 19.1 Å². The van der Waals surface area contributed by atoms with E-state index >= 15 is 0 Å². The number of aromatic nitrogens is 4. The standard InChI is InChI=1S/C23H20ClN5O2/c1-3-20-19(14-26-29(20)18-6-4-5-16(24)13-18)23(31)27-17-9-7-15(8-10-17)21(30)22-25-11-12-28(22)2/h4-14H,3H2,1-2H3,(H,27,31). The molecule has 0 aliphatic rings. The van der Waals surface area contributed by atoms with E-state index in [0.29, 0.717) is 34.1 Å². The lowest BCUT2D eigenvalue weighted by Gasteiger charge is -2.09. The van der Waals surface area contributed by atoms with Gasteiger partial charge < -0.3 is 9.88 Å². The minimum absolute atomic E-state index is 0.179. The van der Waals surface area contributed by atoms with Crippen LogP contribution in [0.15, 0.2) is 67.1 Å². The number of hydrogen-bond acceptors (Lipinski definition) is 4. The number of amides is 1. The first-order chi connectivity index (χ1) is 15.0. The molecule has 0 aliphatic heterocycles. The van der Waals surface area contributed by atoms with Crippen LogP contribution in [0.5, 0.6) is 0 Å². The average Bonchev–Trinajstić information content (AvgIpc) is 3.39. The lowest BCUT2D eigenvalue weighted by molar-refractivity contribution is 0.101. The van der Waals surface area contributed by atoms with Crippen molar-refractivity contribution in [3.05, 3.63) is 94.8 Å². The van der Waals surface area contributed by atoms with Gasteiger partial charge in [0.25, 0.3) is 5.91 Å². The summed E-state index contributed by atoms with van der Waals surface area (Å²) in [6, 6.07) is 14.0. The maximum atomic E-state index is 12.9. The van der Waals surface area contributed by atoms with E-state index in [-0.39, 0.29) is 11.7 Å². The lowest BCUT2D eigenvalue weighted by atomic mass is 10.1. The molecule has 4 aromatic rings. The predicted molar refractivity (Wildman–Crippen MR) is 119 cm³/mol. The molecule has 0 spiro atoms. The summed E-state index contributed by atoms with van der Waals surface area (Å²) in [5.41, 5.74) is 3.13. The first-order valence-corrected chi connectivity index (χ1v) is 10.1. The van der Waals surface area contributed by atoms with Crippen LogP contribution in [0.2, 0.25) is 5.02 Å². The third-order valence-electron chi connectivity index (χ3n) is 4.93. The van der Waals surface area contributed by atoms with Crippen LogP contribution in [-0.4, -0.2) is 31.0 Å². The number of ketones is 1. The molecule has 0 saturated carbocycles. The van der Waals surface area contributed by atoms with Gasteiger partial charge in [0.2, 0.25) is 5.78 Å². The van der Waals surface area contributed by atoms with Crippen molar-refractivity contribution in [3.63, 3.8) is 0 Å². The molecule has 0 atom stereocenters. The molecule has 8 heteroatoms. The van der Waals surface area contributed by atoms with Crippen molar-refractivity contribution in [3.8, 4) is 5.69 Å². The van der Waals surface area contributed by atoms with Crippen LogP contribution in [0.25, 0.3) is 5.69 Å². The minimum atomic E-state index is -0.270. The van der Waals surface area contributed by atoms with Gasteiger partial charge in [-0.2, -0.15) is 5.10 Å². The molecule has 2 aromatic heterocycles. The summed E-state index contributed by atoms with van der Waals surface area (Å²) in [6.07, 6.45) is 5.47. The molecule has 0 aliphatic carbocycles. The molecule has 1 N–H and O–H groups in total. The molecule has 0 saturated heterocycles. The Bertz CT molecular complexity index is 1260. The Labute approximate surface area is 184 Å². The van der Waals surface area contributed by atoms with Gasteiger partial charge in [-0.1, -0.05) is 24.6 Å². The van der Waals surface area contributed by atoms with E-state index in [1.165, 1.54) is 0 Å². The second-order valence-corrected chi connectivity index (χ2v) is 7.41. The van der Waals surface area contributed by atoms with E-state index < -0.39 is 0 Å². The number of nitrogens with one attached hydrogen (secondary N) is 1. The van der Waals surface area contributed by atoms with E-state index in [2.05, 4.69) is 15.4 Å². The van der Waals surface area contributed by atoms with Gasteiger partial charge in [0.05, 0.1) is 23.1 Å². The van der Waals surface area contributed by atoms with E-state index in [4.69, 9.17) is 11.6 Å². The molecule has 2 aromatic carbocycles. The maximum absolute atomic E-state index is 12.9. The summed E-state index contributed by atoms with van der Waals surface area (Å²) in [6.45, 7) is 1.97. The van der Waals surface area contributed by atoms with Gasteiger partial charge in [0, 0.05) is 35.7 Å². The van der Waals surface area contributed by atoms with Crippen molar-refractivity contribution in [1.82, 2.24) is 19.3 Å². The zero-order chi connectivity index (χ0) is 22.0. The van der Waals surface area contributed by atoms with Gasteiger partial charge >= 0.3 is 0 Å². The normalized spacial score (nSPS) is 10.8. The summed E-state index contributed by atoms with van der Waals surface area (Å²) in [5.74, 6) is -0.0902. The zero-order valence-corrected chi connectivity index (χ0v) is 17.8. The van der Waals surface area contributed by atoms with Crippen molar-refractivity contribution >= 4 is 29.0 Å². The lowest BCUT2D eigenvalue weighted by Crippen LogP contribution is -2.14. The van der Waals surface area contributed by atoms with Crippen molar-refractivity contribution < 1.29 is 9.59 Å². The quantitative estimate of drug-likeness (QED) is 0.459. The Morgan fingerprint density at radius 2 is 1.90 bits per heavy atom. The van der Waals surface area contributed by atoms with Crippen LogP contribution in [0.4, 0.5) is 5.69 Å². The summed E-state index contributed by atoms with van der Waals surface area (Å²) in [5, 5.41) is 7.85. The first kappa shape index (κ1) is 20.6. The highest BCUT2D eigenvalue weighted by atomic mass is 35.5. The SMILES string of the molecule is CCc1c(C(=O)Nc2ccc(C(=O)c3nccn3C)cc2)cnn1-c1cccc(Cl)c1. The molecule has 1 amide bonds. The number of anilines is 1. The van der Waals surface area contributed by atoms with Crippen molar-refractivity contribution in [2.75, 3.05) is 5.32 Å². The summed E-state index contributed by atoms with van der Waals surface area (Å²) >= 11 is 6.09. The number of halogens is 1. The molecular formula is C23H20ClN5O2. The highest BCUT2D eigenvalue weighted by molar-refractivity contribution is 6.30. The number of imidazole rings is 1. The molecule has 0 radical (unpaired) electrons. The Balaban J connectivity index is 1.54. The number of hydrogen-bond donors (Lipinski definition) is 1. The molecule has 7 nitrogen and oxygen atoms in total. The number of rotatable bonds is 6. The van der Waals surface area contributed by atoms with Crippen molar-refractivity contribution in [1.29, 1.82) is 0 Å². The highest BCUT2D eigenvalue weighted by Crippen LogP contribution is 2.20. The first-order valence-electron chi connectivity index (χ1n) is 9.74. The largest absolute Gasteiger partial charge is 0.331 e. The molecule has 0 unspecified atom stereocenters. The number of nitrogens with zero attached hydrogens (tertiary/aromatic N) is 4. The van der Waals surface area contributed by atoms with E-state index in [0.717, 1.165) is 11.4 Å². The fraction of sp³-hybridized carbons (Fsp3) is 0.130. The third kappa shape index (κ3) is 4.13. The maximum Gasteiger partial charge on any atom is 0.259 e. The van der Waals surface area contributed by atoms with Crippen molar-refractivity contribution in [2.24, 2.45) is 7.05 Å². The number of benzene rings is 2. The molecule has 31 heavy (non-hydrogen) atoms. The molecule has 156 valence electrons.